The second-order valence-electron chi connectivity index (χ2n) is 10.2. The summed E-state index contributed by atoms with van der Waals surface area (Å²) in [5.41, 5.74) is 0.992. The number of rotatable bonds is 4. The predicted molar refractivity (Wildman–Crippen MR) is 116 cm³/mol. The summed E-state index contributed by atoms with van der Waals surface area (Å²) in [5.74, 6) is -1.03. The fourth-order valence-corrected chi connectivity index (χ4v) is 5.11. The molecule has 0 N–H and O–H groups in total. The molecule has 9 nitrogen and oxygen atoms in total. The molecule has 9 heteroatoms. The molecule has 0 saturated carbocycles. The number of hydrogen-bond acceptors (Lipinski definition) is 9. The van der Waals surface area contributed by atoms with Gasteiger partial charge in [0.25, 0.3) is 5.95 Å². The Kier molecular flexibility index (Phi) is 5.64. The summed E-state index contributed by atoms with van der Waals surface area (Å²) in [5, 5.41) is 0. The highest BCUT2D eigenvalue weighted by Gasteiger charge is 2.60. The van der Waals surface area contributed by atoms with Gasteiger partial charge >= 0.3 is 0 Å². The largest absolute Gasteiger partial charge is 0.457 e. The van der Waals surface area contributed by atoms with Gasteiger partial charge in [0, 0.05) is 12.0 Å². The minimum absolute atomic E-state index is 0.118. The zero-order chi connectivity index (χ0) is 23.5. The summed E-state index contributed by atoms with van der Waals surface area (Å²) in [7, 11) is 0. The lowest BCUT2D eigenvalue weighted by atomic mass is 10.1. The lowest BCUT2D eigenvalue weighted by Crippen LogP contribution is -2.47. The second kappa shape index (κ2) is 8.44. The average molecular weight is 477 g/mol. The van der Waals surface area contributed by atoms with Crippen LogP contribution in [0.1, 0.15) is 46.0 Å². The van der Waals surface area contributed by atoms with E-state index in [0.29, 0.717) is 25.6 Å². The molecule has 0 bridgehead atoms. The maximum Gasteiger partial charge on any atom is 0.275 e. The van der Waals surface area contributed by atoms with E-state index < -0.39 is 42.5 Å². The van der Waals surface area contributed by atoms with Crippen molar-refractivity contribution in [2.75, 3.05) is 13.2 Å². The Bertz CT molecular complexity index is 916. The Morgan fingerprint density at radius 3 is 2.41 bits per heavy atom. The molecule has 4 saturated heterocycles. The first-order chi connectivity index (χ1) is 16.3. The average Bonchev–Trinajstić information content (AvgIpc) is 3.43. The van der Waals surface area contributed by atoms with Gasteiger partial charge in [-0.05, 0) is 33.8 Å². The lowest BCUT2D eigenvalue weighted by Gasteiger charge is -2.39. The summed E-state index contributed by atoms with van der Waals surface area (Å²) in [4.78, 5) is 0. The summed E-state index contributed by atoms with van der Waals surface area (Å²) >= 11 is 0. The molecule has 5 aliphatic rings. The third-order valence-electron chi connectivity index (χ3n) is 6.66. The molecule has 5 aliphatic heterocycles. The van der Waals surface area contributed by atoms with E-state index in [-0.39, 0.29) is 18.3 Å². The molecule has 0 amide bonds. The summed E-state index contributed by atoms with van der Waals surface area (Å²) in [6.45, 7) is 8.29. The van der Waals surface area contributed by atoms with Crippen LogP contribution in [0.3, 0.4) is 0 Å². The van der Waals surface area contributed by atoms with E-state index in [9.17, 15) is 0 Å². The van der Waals surface area contributed by atoms with Crippen molar-refractivity contribution in [3.63, 3.8) is 0 Å². The third-order valence-corrected chi connectivity index (χ3v) is 6.66. The van der Waals surface area contributed by atoms with E-state index in [4.69, 9.17) is 42.6 Å². The number of benzene rings is 1. The van der Waals surface area contributed by atoms with Crippen LogP contribution >= 0.6 is 0 Å². The van der Waals surface area contributed by atoms with Gasteiger partial charge in [0.1, 0.15) is 18.3 Å². The van der Waals surface area contributed by atoms with Crippen molar-refractivity contribution >= 4 is 0 Å². The molecular formula is C25H32O9. The Labute approximate surface area is 199 Å². The summed E-state index contributed by atoms with van der Waals surface area (Å²) < 4.78 is 54.8. The highest BCUT2D eigenvalue weighted by atomic mass is 16.9. The van der Waals surface area contributed by atoms with Gasteiger partial charge < -0.3 is 42.6 Å². The molecule has 6 rings (SSSR count). The van der Waals surface area contributed by atoms with Crippen molar-refractivity contribution in [2.24, 2.45) is 0 Å². The predicted octanol–water partition coefficient (Wildman–Crippen LogP) is 3.14. The van der Waals surface area contributed by atoms with E-state index in [1.807, 2.05) is 64.1 Å². The van der Waals surface area contributed by atoms with E-state index in [1.165, 1.54) is 0 Å². The minimum atomic E-state index is -0.765. The maximum absolute atomic E-state index is 6.38. The smallest absolute Gasteiger partial charge is 0.275 e. The molecule has 0 aromatic heterocycles. The molecule has 0 radical (unpaired) electrons. The quantitative estimate of drug-likeness (QED) is 0.651. The molecule has 1 aromatic carbocycles. The molecule has 5 heterocycles. The van der Waals surface area contributed by atoms with Gasteiger partial charge in [-0.15, -0.1) is 0 Å². The van der Waals surface area contributed by atoms with Crippen LogP contribution in [0.4, 0.5) is 0 Å². The highest BCUT2D eigenvalue weighted by molar-refractivity contribution is 5.16. The van der Waals surface area contributed by atoms with Crippen LogP contribution in [0.15, 0.2) is 42.4 Å². The van der Waals surface area contributed by atoms with Gasteiger partial charge in [-0.2, -0.15) is 0 Å². The van der Waals surface area contributed by atoms with Crippen LogP contribution in [0.2, 0.25) is 0 Å². The SMILES string of the molecule is CC1(C)O[C@H]2O[C@H]([C@H]3COC(C)(C)O3)[C@H](OC3=CC[C@@H]4O[C@H](c5ccccc5)OC[C@H]4O3)[C@H]2O1. The van der Waals surface area contributed by atoms with Gasteiger partial charge in [-0.3, -0.25) is 0 Å². The minimum Gasteiger partial charge on any atom is -0.457 e. The fourth-order valence-electron chi connectivity index (χ4n) is 5.11. The number of hydrogen-bond donors (Lipinski definition) is 0. The van der Waals surface area contributed by atoms with Crippen LogP contribution in [0.5, 0.6) is 0 Å². The van der Waals surface area contributed by atoms with E-state index in [0.717, 1.165) is 5.56 Å². The van der Waals surface area contributed by atoms with Crippen molar-refractivity contribution in [1.82, 2.24) is 0 Å². The zero-order valence-corrected chi connectivity index (χ0v) is 19.9. The first-order valence-electron chi connectivity index (χ1n) is 11.9. The van der Waals surface area contributed by atoms with Crippen LogP contribution in [-0.2, 0) is 42.6 Å². The summed E-state index contributed by atoms with van der Waals surface area (Å²) in [6, 6.07) is 9.91. The molecule has 4 fully saturated rings. The molecule has 186 valence electrons. The van der Waals surface area contributed by atoms with Crippen LogP contribution in [0.25, 0.3) is 0 Å². The second-order valence-corrected chi connectivity index (χ2v) is 10.2. The van der Waals surface area contributed by atoms with Crippen molar-refractivity contribution in [3.05, 3.63) is 47.9 Å². The monoisotopic (exact) mass is 476 g/mol. The Morgan fingerprint density at radius 1 is 0.824 bits per heavy atom. The van der Waals surface area contributed by atoms with Crippen LogP contribution in [0, 0.1) is 0 Å². The van der Waals surface area contributed by atoms with Crippen molar-refractivity contribution in [2.45, 2.75) is 94.9 Å². The topological polar surface area (TPSA) is 83.1 Å². The van der Waals surface area contributed by atoms with Gasteiger partial charge in [0.05, 0.1) is 13.2 Å². The number of fused-ring (bicyclic) bond motifs is 2. The van der Waals surface area contributed by atoms with Crippen LogP contribution in [-0.4, -0.2) is 67.7 Å². The Balaban J connectivity index is 1.15. The molecule has 1 aromatic rings. The highest BCUT2D eigenvalue weighted by Crippen LogP contribution is 2.43. The first kappa shape index (κ1) is 22.7. The maximum atomic E-state index is 6.38. The van der Waals surface area contributed by atoms with Gasteiger partial charge in [0.15, 0.2) is 42.5 Å². The van der Waals surface area contributed by atoms with Crippen LogP contribution < -0.4 is 0 Å². The van der Waals surface area contributed by atoms with Gasteiger partial charge in [-0.25, -0.2) is 0 Å². The standard InChI is InChI=1S/C25H32O9/c1-24(2)27-13-17(32-24)19-20(21-23(31-19)34-25(3,4)33-21)30-18-11-10-15-16(28-18)12-26-22(29-15)14-8-6-5-7-9-14/h5-9,11,15-17,19-23H,10,12-13H2,1-4H3/t15-,16+,17+,19+,20-,21+,22+,23+/m0/s1. The van der Waals surface area contributed by atoms with E-state index >= 15 is 0 Å². The Hall–Kier alpha value is -1.72. The molecule has 0 unspecified atom stereocenters. The van der Waals surface area contributed by atoms with Gasteiger partial charge in [0.2, 0.25) is 0 Å². The van der Waals surface area contributed by atoms with E-state index in [2.05, 4.69) is 0 Å². The van der Waals surface area contributed by atoms with Crippen molar-refractivity contribution in [3.8, 4) is 0 Å². The first-order valence-corrected chi connectivity index (χ1v) is 11.9. The zero-order valence-electron chi connectivity index (χ0n) is 19.9. The molecule has 0 aliphatic carbocycles. The molecule has 34 heavy (non-hydrogen) atoms. The van der Waals surface area contributed by atoms with E-state index in [1.54, 1.807) is 0 Å². The number of ether oxygens (including phenoxy) is 9. The molecule has 8 atom stereocenters. The summed E-state index contributed by atoms with van der Waals surface area (Å²) in [6.07, 6.45) is -0.427. The van der Waals surface area contributed by atoms with Gasteiger partial charge in [-0.1, -0.05) is 30.3 Å². The normalized spacial score (nSPS) is 42.4. The third kappa shape index (κ3) is 4.35. The molecule has 0 spiro atoms. The molecular weight excluding hydrogens is 444 g/mol. The van der Waals surface area contributed by atoms with Crippen molar-refractivity contribution in [1.29, 1.82) is 0 Å². The Morgan fingerprint density at radius 2 is 1.65 bits per heavy atom. The fraction of sp³-hybridized carbons (Fsp3) is 0.680. The lowest BCUT2D eigenvalue weighted by molar-refractivity contribution is -0.275. The van der Waals surface area contributed by atoms with Crippen molar-refractivity contribution < 1.29 is 42.6 Å².